The smallest absolute Gasteiger partial charge is 0.243 e. The molecule has 0 spiro atoms. The first-order valence-corrected chi connectivity index (χ1v) is 15.6. The largest absolute Gasteiger partial charge is 0.508 e. The van der Waals surface area contributed by atoms with E-state index in [2.05, 4.69) is 26.3 Å². The molecular weight excluding hydrogens is 616 g/mol. The van der Waals surface area contributed by atoms with Crippen molar-refractivity contribution in [2.45, 2.75) is 44.7 Å². The predicted molar refractivity (Wildman–Crippen MR) is 183 cm³/mol. The van der Waals surface area contributed by atoms with Crippen LogP contribution >= 0.6 is 0 Å². The summed E-state index contributed by atoms with van der Waals surface area (Å²) in [5, 5.41) is 22.1. The first kappa shape index (κ1) is 36.8. The van der Waals surface area contributed by atoms with Gasteiger partial charge in [0.05, 0.1) is 13.1 Å². The molecule has 48 heavy (non-hydrogen) atoms. The highest BCUT2D eigenvalue weighted by atomic mass is 16.3. The highest BCUT2D eigenvalue weighted by Crippen LogP contribution is 2.17. The van der Waals surface area contributed by atoms with Crippen molar-refractivity contribution < 1.29 is 29.1 Å². The number of carbonyl (C=O) groups excluding carboxylic acids is 5. The zero-order valence-electron chi connectivity index (χ0n) is 27.2. The lowest BCUT2D eigenvalue weighted by atomic mass is 10.0. The Balaban J connectivity index is 1.72. The minimum atomic E-state index is -1.10. The van der Waals surface area contributed by atoms with Gasteiger partial charge < -0.3 is 42.7 Å². The number of guanidine groups is 1. The van der Waals surface area contributed by atoms with E-state index < -0.39 is 35.7 Å². The zero-order chi connectivity index (χ0) is 35.1. The summed E-state index contributed by atoms with van der Waals surface area (Å²) in [6.07, 6.45) is 1.11. The van der Waals surface area contributed by atoms with E-state index in [-0.39, 0.29) is 50.1 Å². The average Bonchev–Trinajstić information content (AvgIpc) is 3.05. The maximum Gasteiger partial charge on any atom is 0.243 e. The quantitative estimate of drug-likeness (QED) is 0.0595. The number of aliphatic imine (C=N–C) groups is 1. The maximum atomic E-state index is 13.6. The lowest BCUT2D eigenvalue weighted by molar-refractivity contribution is -0.135. The van der Waals surface area contributed by atoms with Crippen molar-refractivity contribution in [3.05, 3.63) is 77.9 Å². The molecule has 14 nitrogen and oxygen atoms in total. The Bertz CT molecular complexity index is 1610. The molecule has 9 N–H and O–H groups in total. The van der Waals surface area contributed by atoms with Crippen LogP contribution in [0.4, 0.5) is 0 Å². The third kappa shape index (κ3) is 12.6. The Morgan fingerprint density at radius 2 is 1.52 bits per heavy atom. The third-order valence-corrected chi connectivity index (χ3v) is 7.50. The Morgan fingerprint density at radius 1 is 0.833 bits per heavy atom. The van der Waals surface area contributed by atoms with Gasteiger partial charge >= 0.3 is 0 Å². The molecule has 14 heteroatoms. The van der Waals surface area contributed by atoms with E-state index in [0.29, 0.717) is 19.4 Å². The van der Waals surface area contributed by atoms with Crippen molar-refractivity contribution in [3.8, 4) is 5.75 Å². The van der Waals surface area contributed by atoms with Gasteiger partial charge in [0.15, 0.2) is 5.96 Å². The van der Waals surface area contributed by atoms with Gasteiger partial charge in [-0.1, -0.05) is 54.6 Å². The molecule has 0 aliphatic carbocycles. The number of nitrogens with two attached hydrogens (primary N) is 2. The van der Waals surface area contributed by atoms with Gasteiger partial charge in [0.2, 0.25) is 29.5 Å². The van der Waals surface area contributed by atoms with Crippen LogP contribution < -0.4 is 32.7 Å². The number of nitrogens with zero attached hydrogens (tertiary/aromatic N) is 2. The van der Waals surface area contributed by atoms with Crippen LogP contribution in [0.3, 0.4) is 0 Å². The number of hydrogen-bond acceptors (Lipinski definition) is 7. The molecule has 0 fully saturated rings. The number of carbonyl (C=O) groups is 5. The predicted octanol–water partition coefficient (Wildman–Crippen LogP) is 0.0645. The number of fused-ring (bicyclic) bond motifs is 1. The van der Waals surface area contributed by atoms with Crippen molar-refractivity contribution in [2.75, 3.05) is 33.2 Å². The van der Waals surface area contributed by atoms with Gasteiger partial charge in [-0.05, 0) is 53.3 Å². The second-order valence-corrected chi connectivity index (χ2v) is 11.4. The Kier molecular flexibility index (Phi) is 14.2. The van der Waals surface area contributed by atoms with Crippen LogP contribution in [0.1, 0.15) is 30.9 Å². The molecule has 0 saturated carbocycles. The molecule has 0 heterocycles. The molecule has 0 unspecified atom stereocenters. The van der Waals surface area contributed by atoms with E-state index in [1.165, 1.54) is 18.9 Å². The second kappa shape index (κ2) is 18.5. The standard InChI is InChI=1S/C34H44N8O6/c1-22(43)42(2)21-31(46)40-28(8-5-16-38-34(35)36)33(48)41-29(19-24-9-12-25-6-3-4-7-26(25)18-24)32(47)39-20-30(45)37-17-15-23-10-13-27(44)14-11-23/h3-4,6-7,9-14,18,28-29,44H,5,8,15-17,19-21H2,1-2H3,(H,37,45)(H,39,47)(H,40,46)(H,41,48)(H4,35,36,38)/t28-,29-/m0/s1. The molecular formula is C34H44N8O6. The summed E-state index contributed by atoms with van der Waals surface area (Å²) >= 11 is 0. The molecule has 0 aromatic heterocycles. The van der Waals surface area contributed by atoms with Crippen molar-refractivity contribution in [2.24, 2.45) is 16.5 Å². The van der Waals surface area contributed by atoms with Gasteiger partial charge in [-0.15, -0.1) is 0 Å². The minimum absolute atomic E-state index is 0.104. The van der Waals surface area contributed by atoms with Crippen molar-refractivity contribution >= 4 is 46.3 Å². The normalized spacial score (nSPS) is 11.9. The van der Waals surface area contributed by atoms with Gasteiger partial charge in [-0.3, -0.25) is 29.0 Å². The summed E-state index contributed by atoms with van der Waals surface area (Å²) in [4.78, 5) is 69.1. The SMILES string of the molecule is CC(=O)N(C)CC(=O)N[C@@H](CCCN=C(N)N)C(=O)N[C@@H](Cc1ccc2ccccc2c1)C(=O)NCC(=O)NCCc1ccc(O)cc1. The van der Waals surface area contributed by atoms with Crippen LogP contribution in [0, 0.1) is 0 Å². The summed E-state index contributed by atoms with van der Waals surface area (Å²) in [5.41, 5.74) is 12.5. The molecule has 0 aliphatic heterocycles. The molecule has 3 aromatic carbocycles. The van der Waals surface area contributed by atoms with Crippen LogP contribution in [0.25, 0.3) is 10.8 Å². The highest BCUT2D eigenvalue weighted by molar-refractivity contribution is 5.94. The minimum Gasteiger partial charge on any atom is -0.508 e. The van der Waals surface area contributed by atoms with E-state index in [4.69, 9.17) is 11.5 Å². The van der Waals surface area contributed by atoms with Gasteiger partial charge in [-0.2, -0.15) is 0 Å². The average molecular weight is 661 g/mol. The lowest BCUT2D eigenvalue weighted by Crippen LogP contribution is -2.56. The first-order valence-electron chi connectivity index (χ1n) is 15.6. The molecule has 256 valence electrons. The van der Waals surface area contributed by atoms with Crippen LogP contribution in [-0.4, -0.2) is 90.8 Å². The number of phenols is 1. The molecule has 5 amide bonds. The number of rotatable bonds is 17. The summed E-state index contributed by atoms with van der Waals surface area (Å²) in [6.45, 7) is 1.25. The van der Waals surface area contributed by atoms with E-state index in [1.54, 1.807) is 24.3 Å². The topological polar surface area (TPSA) is 221 Å². The van der Waals surface area contributed by atoms with Crippen LogP contribution in [0.2, 0.25) is 0 Å². The van der Waals surface area contributed by atoms with Crippen LogP contribution in [-0.2, 0) is 36.8 Å². The van der Waals surface area contributed by atoms with Crippen molar-refractivity contribution in [1.82, 2.24) is 26.2 Å². The molecule has 2 atom stereocenters. The van der Waals surface area contributed by atoms with Gasteiger partial charge in [-0.25, -0.2) is 0 Å². The van der Waals surface area contributed by atoms with E-state index in [9.17, 15) is 29.1 Å². The number of benzene rings is 3. The summed E-state index contributed by atoms with van der Waals surface area (Å²) in [5.74, 6) is -2.48. The van der Waals surface area contributed by atoms with Gasteiger partial charge in [0, 0.05) is 33.5 Å². The Morgan fingerprint density at radius 3 is 2.21 bits per heavy atom. The summed E-state index contributed by atoms with van der Waals surface area (Å²) in [6, 6.07) is 17.9. The van der Waals surface area contributed by atoms with E-state index in [0.717, 1.165) is 21.9 Å². The molecule has 0 bridgehead atoms. The monoisotopic (exact) mass is 660 g/mol. The fourth-order valence-electron chi connectivity index (χ4n) is 4.78. The van der Waals surface area contributed by atoms with Crippen LogP contribution in [0.5, 0.6) is 5.75 Å². The molecule has 3 aromatic rings. The Labute approximate surface area is 279 Å². The molecule has 0 saturated heterocycles. The number of phenolic OH excluding ortho intramolecular Hbond substituents is 1. The summed E-state index contributed by atoms with van der Waals surface area (Å²) < 4.78 is 0. The first-order chi connectivity index (χ1) is 22.9. The fraction of sp³-hybridized carbons (Fsp3) is 0.353. The number of nitrogens with one attached hydrogen (secondary N) is 4. The number of likely N-dealkylation sites (N-methyl/N-ethyl adjacent to an activating group) is 1. The van der Waals surface area contributed by atoms with Crippen LogP contribution in [0.15, 0.2) is 71.7 Å². The second-order valence-electron chi connectivity index (χ2n) is 11.4. The van der Waals surface area contributed by atoms with Gasteiger partial charge in [0.1, 0.15) is 17.8 Å². The highest BCUT2D eigenvalue weighted by Gasteiger charge is 2.27. The van der Waals surface area contributed by atoms with Crippen molar-refractivity contribution in [3.63, 3.8) is 0 Å². The number of hydrogen-bond donors (Lipinski definition) is 7. The van der Waals surface area contributed by atoms with Gasteiger partial charge in [0.25, 0.3) is 0 Å². The number of aromatic hydroxyl groups is 1. The fourth-order valence-corrected chi connectivity index (χ4v) is 4.78. The summed E-state index contributed by atoms with van der Waals surface area (Å²) in [7, 11) is 1.46. The maximum absolute atomic E-state index is 13.6. The van der Waals surface area contributed by atoms with E-state index in [1.807, 2.05) is 42.5 Å². The molecule has 0 radical (unpaired) electrons. The van der Waals surface area contributed by atoms with E-state index >= 15 is 0 Å². The number of amides is 5. The molecule has 0 aliphatic rings. The lowest BCUT2D eigenvalue weighted by Gasteiger charge is -2.24. The third-order valence-electron chi connectivity index (χ3n) is 7.50. The Hall–Kier alpha value is -5.66. The van der Waals surface area contributed by atoms with Crippen molar-refractivity contribution in [1.29, 1.82) is 0 Å². The molecule has 3 rings (SSSR count). The zero-order valence-corrected chi connectivity index (χ0v) is 27.2.